The van der Waals surface area contributed by atoms with E-state index in [0.29, 0.717) is 20.0 Å². The molecule has 0 aliphatic carbocycles. The van der Waals surface area contributed by atoms with Crippen LogP contribution in [-0.4, -0.2) is 27.4 Å². The topological polar surface area (TPSA) is 53.9 Å². The molecule has 1 atom stereocenters. The second-order valence-corrected chi connectivity index (χ2v) is 7.31. The van der Waals surface area contributed by atoms with E-state index < -0.39 is 5.97 Å². The Hall–Kier alpha value is -1.93. The lowest BCUT2D eigenvalue weighted by Gasteiger charge is -2.33. The lowest BCUT2D eigenvalue weighted by Crippen LogP contribution is -2.47. The molecule has 2 aromatic carbocycles. The summed E-state index contributed by atoms with van der Waals surface area (Å²) in [5.41, 5.74) is 4.60. The predicted octanol–water partition coefficient (Wildman–Crippen LogP) is 4.02. The van der Waals surface area contributed by atoms with Gasteiger partial charge in [-0.15, -0.1) is 0 Å². The number of nitrogens with one attached hydrogen (secondary N) is 1. The smallest absolute Gasteiger partial charge is 0.312 e. The van der Waals surface area contributed by atoms with Crippen LogP contribution in [0.25, 0.3) is 0 Å². The number of hydrogen-bond acceptors (Lipinski definition) is 6. The molecule has 0 spiro atoms. The van der Waals surface area contributed by atoms with Crippen LogP contribution in [0.4, 0.5) is 0 Å². The standard InChI is InChI=1S/C17H14ClN3O2S2/c1-21-17(24)25-15(14(19-21)11-5-3-2-4-6-11)20-23-16(22)12-7-9-13(18)10-8-12/h2-10,14,19H,1H3. The fraction of sp³-hybridized carbons (Fsp3) is 0.118. The van der Waals surface area contributed by atoms with Gasteiger partial charge in [-0.3, -0.25) is 5.01 Å². The van der Waals surface area contributed by atoms with Crippen molar-refractivity contribution >= 4 is 50.9 Å². The molecule has 8 heteroatoms. The van der Waals surface area contributed by atoms with Gasteiger partial charge in [-0.25, -0.2) is 10.2 Å². The maximum Gasteiger partial charge on any atom is 0.365 e. The van der Waals surface area contributed by atoms with Gasteiger partial charge in [0.05, 0.1) is 5.56 Å². The Labute approximate surface area is 159 Å². The molecule has 0 amide bonds. The van der Waals surface area contributed by atoms with E-state index >= 15 is 0 Å². The Morgan fingerprint density at radius 3 is 2.60 bits per heavy atom. The molecule has 1 aliphatic heterocycles. The van der Waals surface area contributed by atoms with Crippen LogP contribution in [0, 0.1) is 0 Å². The Balaban J connectivity index is 1.81. The molecule has 1 aliphatic rings. The minimum absolute atomic E-state index is 0.249. The van der Waals surface area contributed by atoms with Gasteiger partial charge in [0.1, 0.15) is 11.1 Å². The first kappa shape index (κ1) is 17.9. The number of thioether (sulfide) groups is 1. The van der Waals surface area contributed by atoms with Gasteiger partial charge in [0, 0.05) is 12.1 Å². The van der Waals surface area contributed by atoms with Crippen LogP contribution in [0.3, 0.4) is 0 Å². The van der Waals surface area contributed by atoms with Crippen molar-refractivity contribution in [3.63, 3.8) is 0 Å². The van der Waals surface area contributed by atoms with E-state index in [2.05, 4.69) is 10.6 Å². The van der Waals surface area contributed by atoms with Gasteiger partial charge in [0.15, 0.2) is 4.32 Å². The van der Waals surface area contributed by atoms with Crippen LogP contribution >= 0.6 is 35.6 Å². The Kier molecular flexibility index (Phi) is 5.70. The largest absolute Gasteiger partial charge is 0.365 e. The SMILES string of the molecule is CN1NC(c2ccccc2)C(=NOC(=O)c2ccc(Cl)cc2)SC1=S. The average molecular weight is 392 g/mol. The Morgan fingerprint density at radius 2 is 1.92 bits per heavy atom. The number of oxime groups is 1. The highest BCUT2D eigenvalue weighted by Crippen LogP contribution is 2.28. The lowest BCUT2D eigenvalue weighted by atomic mass is 10.1. The first-order valence-electron chi connectivity index (χ1n) is 7.36. The minimum atomic E-state index is -0.554. The molecule has 1 heterocycles. The number of hydrogen-bond donors (Lipinski definition) is 1. The van der Waals surface area contributed by atoms with Gasteiger partial charge in [0.2, 0.25) is 0 Å². The predicted molar refractivity (Wildman–Crippen MR) is 105 cm³/mol. The van der Waals surface area contributed by atoms with Crippen LogP contribution in [0.1, 0.15) is 22.0 Å². The summed E-state index contributed by atoms with van der Waals surface area (Å²) in [4.78, 5) is 17.3. The summed E-state index contributed by atoms with van der Waals surface area (Å²) in [5.74, 6) is -0.554. The van der Waals surface area contributed by atoms with E-state index in [-0.39, 0.29) is 6.04 Å². The summed E-state index contributed by atoms with van der Waals surface area (Å²) in [6.07, 6.45) is 0. The number of benzene rings is 2. The van der Waals surface area contributed by atoms with E-state index in [1.807, 2.05) is 37.4 Å². The Bertz CT molecular complexity index is 812. The summed E-state index contributed by atoms with van der Waals surface area (Å²) < 4.78 is 0.591. The normalized spacial score (nSPS) is 19.1. The monoisotopic (exact) mass is 391 g/mol. The molecular formula is C17H14ClN3O2S2. The number of hydrazine groups is 1. The van der Waals surface area contributed by atoms with Crippen molar-refractivity contribution in [3.8, 4) is 0 Å². The number of carbonyl (C=O) groups excluding carboxylic acids is 1. The summed E-state index contributed by atoms with van der Waals surface area (Å²) in [6, 6.07) is 15.9. The van der Waals surface area contributed by atoms with Gasteiger partial charge < -0.3 is 4.84 Å². The van der Waals surface area contributed by atoms with Gasteiger partial charge in [-0.2, -0.15) is 0 Å². The molecule has 25 heavy (non-hydrogen) atoms. The molecule has 0 saturated carbocycles. The number of halogens is 1. The van der Waals surface area contributed by atoms with E-state index in [9.17, 15) is 4.79 Å². The third-order valence-corrected chi connectivity index (χ3v) is 5.21. The molecule has 1 N–H and O–H groups in total. The maximum atomic E-state index is 12.1. The first-order valence-corrected chi connectivity index (χ1v) is 8.96. The van der Waals surface area contributed by atoms with E-state index in [1.54, 1.807) is 29.3 Å². The highest BCUT2D eigenvalue weighted by Gasteiger charge is 2.29. The quantitative estimate of drug-likeness (QED) is 0.484. The van der Waals surface area contributed by atoms with Crippen LogP contribution in [0.15, 0.2) is 59.8 Å². The minimum Gasteiger partial charge on any atom is -0.312 e. The Morgan fingerprint density at radius 1 is 1.24 bits per heavy atom. The van der Waals surface area contributed by atoms with Crippen LogP contribution < -0.4 is 5.43 Å². The number of thiocarbonyl (C=S) groups is 1. The molecular weight excluding hydrogens is 378 g/mol. The molecule has 0 aromatic heterocycles. The zero-order valence-corrected chi connectivity index (χ0v) is 15.6. The van der Waals surface area contributed by atoms with Crippen molar-refractivity contribution in [2.45, 2.75) is 6.04 Å². The van der Waals surface area contributed by atoms with E-state index in [4.69, 9.17) is 28.7 Å². The van der Waals surface area contributed by atoms with Gasteiger partial charge in [-0.05, 0) is 41.6 Å². The van der Waals surface area contributed by atoms with Crippen LogP contribution in [-0.2, 0) is 4.84 Å². The highest BCUT2D eigenvalue weighted by molar-refractivity contribution is 8.33. The number of rotatable bonds is 3. The molecule has 0 radical (unpaired) electrons. The zero-order chi connectivity index (χ0) is 17.8. The molecule has 1 fully saturated rings. The van der Waals surface area contributed by atoms with Gasteiger partial charge in [-0.1, -0.05) is 59.3 Å². The van der Waals surface area contributed by atoms with Crippen LogP contribution in [0.5, 0.6) is 0 Å². The van der Waals surface area contributed by atoms with Crippen LogP contribution in [0.2, 0.25) is 5.02 Å². The van der Waals surface area contributed by atoms with E-state index in [0.717, 1.165) is 5.56 Å². The van der Waals surface area contributed by atoms with Crippen molar-refractivity contribution in [2.75, 3.05) is 7.05 Å². The van der Waals surface area contributed by atoms with Gasteiger partial charge in [0.25, 0.3) is 0 Å². The molecule has 1 unspecified atom stereocenters. The van der Waals surface area contributed by atoms with Gasteiger partial charge >= 0.3 is 5.97 Å². The maximum absolute atomic E-state index is 12.1. The molecule has 1 saturated heterocycles. The number of nitrogens with zero attached hydrogens (tertiary/aromatic N) is 2. The fourth-order valence-corrected chi connectivity index (χ4v) is 3.36. The molecule has 0 bridgehead atoms. The molecule has 3 rings (SSSR count). The first-order chi connectivity index (χ1) is 12.0. The summed E-state index contributed by atoms with van der Waals surface area (Å²) in [7, 11) is 1.84. The average Bonchev–Trinajstić information content (AvgIpc) is 2.63. The van der Waals surface area contributed by atoms with Crippen molar-refractivity contribution in [3.05, 3.63) is 70.7 Å². The molecule has 5 nitrogen and oxygen atoms in total. The summed E-state index contributed by atoms with van der Waals surface area (Å²) >= 11 is 12.4. The second kappa shape index (κ2) is 7.97. The lowest BCUT2D eigenvalue weighted by molar-refractivity contribution is 0.0515. The highest BCUT2D eigenvalue weighted by atomic mass is 35.5. The van der Waals surface area contributed by atoms with Crippen molar-refractivity contribution < 1.29 is 9.63 Å². The zero-order valence-electron chi connectivity index (χ0n) is 13.2. The van der Waals surface area contributed by atoms with Crippen molar-refractivity contribution in [1.82, 2.24) is 10.4 Å². The third-order valence-electron chi connectivity index (χ3n) is 3.47. The van der Waals surface area contributed by atoms with Crippen molar-refractivity contribution in [1.29, 1.82) is 0 Å². The third kappa shape index (κ3) is 4.38. The fourth-order valence-electron chi connectivity index (χ4n) is 2.18. The molecule has 2 aromatic rings. The second-order valence-electron chi connectivity index (χ2n) is 5.21. The summed E-state index contributed by atoms with van der Waals surface area (Å²) in [5, 5.41) is 6.91. The summed E-state index contributed by atoms with van der Waals surface area (Å²) in [6.45, 7) is 0. The molecule has 128 valence electrons. The van der Waals surface area contributed by atoms with E-state index in [1.165, 1.54) is 11.8 Å². The number of carbonyl (C=O) groups is 1. The van der Waals surface area contributed by atoms with Crippen molar-refractivity contribution in [2.24, 2.45) is 5.16 Å².